The van der Waals surface area contributed by atoms with Gasteiger partial charge in [0.2, 0.25) is 21.8 Å². The van der Waals surface area contributed by atoms with Crippen LogP contribution in [0.2, 0.25) is 0 Å². The predicted molar refractivity (Wildman–Crippen MR) is 110 cm³/mol. The molecule has 0 atom stereocenters. The fraction of sp³-hybridized carbons (Fsp3) is 0.600. The SMILES string of the molecule is CCCN(CCC)C(=O)CCCC(=O)NCCNS(=O)(=O)c1ccc(C)cc1. The van der Waals surface area contributed by atoms with Crippen molar-refractivity contribution in [2.75, 3.05) is 26.2 Å². The molecule has 1 aromatic rings. The molecular formula is C20H33N3O4S. The third-order valence-electron chi connectivity index (χ3n) is 4.20. The average Bonchev–Trinajstić information content (AvgIpc) is 2.65. The van der Waals surface area contributed by atoms with Gasteiger partial charge in [0.1, 0.15) is 0 Å². The van der Waals surface area contributed by atoms with Gasteiger partial charge in [0.25, 0.3) is 0 Å². The van der Waals surface area contributed by atoms with Crippen LogP contribution in [0.4, 0.5) is 0 Å². The fourth-order valence-corrected chi connectivity index (χ4v) is 3.77. The second kappa shape index (κ2) is 12.5. The van der Waals surface area contributed by atoms with E-state index in [0.29, 0.717) is 12.8 Å². The van der Waals surface area contributed by atoms with Crippen LogP contribution < -0.4 is 10.0 Å². The van der Waals surface area contributed by atoms with Gasteiger partial charge in [-0.25, -0.2) is 13.1 Å². The lowest BCUT2D eigenvalue weighted by atomic mass is 10.2. The molecule has 1 rings (SSSR count). The molecule has 0 radical (unpaired) electrons. The van der Waals surface area contributed by atoms with E-state index in [4.69, 9.17) is 0 Å². The summed E-state index contributed by atoms with van der Waals surface area (Å²) in [5.74, 6) is -0.0952. The largest absolute Gasteiger partial charge is 0.355 e. The van der Waals surface area contributed by atoms with E-state index in [9.17, 15) is 18.0 Å². The molecule has 0 aliphatic carbocycles. The maximum atomic E-state index is 12.1. The minimum atomic E-state index is -3.58. The second-order valence-corrected chi connectivity index (χ2v) is 8.56. The highest BCUT2D eigenvalue weighted by Crippen LogP contribution is 2.09. The maximum absolute atomic E-state index is 12.1. The van der Waals surface area contributed by atoms with Crippen molar-refractivity contribution in [3.8, 4) is 0 Å². The Labute approximate surface area is 168 Å². The van der Waals surface area contributed by atoms with E-state index in [1.807, 2.05) is 25.7 Å². The lowest BCUT2D eigenvalue weighted by Crippen LogP contribution is -2.35. The van der Waals surface area contributed by atoms with Crippen LogP contribution in [0.3, 0.4) is 0 Å². The van der Waals surface area contributed by atoms with Crippen molar-refractivity contribution in [1.82, 2.24) is 14.9 Å². The van der Waals surface area contributed by atoms with E-state index in [0.717, 1.165) is 31.5 Å². The molecule has 0 aromatic heterocycles. The molecule has 0 bridgehead atoms. The van der Waals surface area contributed by atoms with Gasteiger partial charge in [0.15, 0.2) is 0 Å². The molecule has 0 saturated carbocycles. The van der Waals surface area contributed by atoms with Gasteiger partial charge in [-0.2, -0.15) is 0 Å². The summed E-state index contributed by atoms with van der Waals surface area (Å²) >= 11 is 0. The van der Waals surface area contributed by atoms with E-state index in [1.165, 1.54) is 0 Å². The first kappa shape index (κ1) is 24.1. The number of aryl methyl sites for hydroxylation is 1. The van der Waals surface area contributed by atoms with Gasteiger partial charge in [0, 0.05) is 39.0 Å². The molecule has 0 aliphatic rings. The van der Waals surface area contributed by atoms with E-state index < -0.39 is 10.0 Å². The van der Waals surface area contributed by atoms with Crippen molar-refractivity contribution in [2.24, 2.45) is 0 Å². The number of hydrogen-bond donors (Lipinski definition) is 2. The quantitative estimate of drug-likeness (QED) is 0.487. The van der Waals surface area contributed by atoms with Crippen molar-refractivity contribution >= 4 is 21.8 Å². The van der Waals surface area contributed by atoms with Gasteiger partial charge in [0.05, 0.1) is 4.90 Å². The van der Waals surface area contributed by atoms with Crippen molar-refractivity contribution in [3.05, 3.63) is 29.8 Å². The summed E-state index contributed by atoms with van der Waals surface area (Å²) in [7, 11) is -3.58. The number of nitrogens with one attached hydrogen (secondary N) is 2. The minimum Gasteiger partial charge on any atom is -0.355 e. The number of sulfonamides is 1. The van der Waals surface area contributed by atoms with Crippen LogP contribution in [0.1, 0.15) is 51.5 Å². The first-order valence-electron chi connectivity index (χ1n) is 9.91. The number of nitrogens with zero attached hydrogens (tertiary/aromatic N) is 1. The lowest BCUT2D eigenvalue weighted by Gasteiger charge is -2.21. The Hall–Kier alpha value is -1.93. The summed E-state index contributed by atoms with van der Waals surface area (Å²) in [5, 5.41) is 2.68. The number of hydrogen-bond acceptors (Lipinski definition) is 4. The average molecular weight is 412 g/mol. The van der Waals surface area contributed by atoms with Gasteiger partial charge in [-0.3, -0.25) is 9.59 Å². The zero-order valence-electron chi connectivity index (χ0n) is 17.2. The van der Waals surface area contributed by atoms with Gasteiger partial charge in [-0.1, -0.05) is 31.5 Å². The number of benzene rings is 1. The molecule has 7 nitrogen and oxygen atoms in total. The monoisotopic (exact) mass is 411 g/mol. The standard InChI is InChI=1S/C20H33N3O4S/c1-4-15-23(16-5-2)20(25)8-6-7-19(24)21-13-14-22-28(26,27)18-11-9-17(3)10-12-18/h9-12,22H,4-8,13-16H2,1-3H3,(H,21,24). The van der Waals surface area contributed by atoms with E-state index in [1.54, 1.807) is 24.3 Å². The molecule has 0 fully saturated rings. The molecule has 1 aromatic carbocycles. The van der Waals surface area contributed by atoms with Crippen LogP contribution in [-0.2, 0) is 19.6 Å². The third kappa shape index (κ3) is 8.84. The molecular weight excluding hydrogens is 378 g/mol. The molecule has 0 saturated heterocycles. The highest BCUT2D eigenvalue weighted by molar-refractivity contribution is 7.89. The second-order valence-electron chi connectivity index (χ2n) is 6.80. The van der Waals surface area contributed by atoms with Crippen molar-refractivity contribution < 1.29 is 18.0 Å². The summed E-state index contributed by atoms with van der Waals surface area (Å²) in [4.78, 5) is 26.1. The van der Waals surface area contributed by atoms with Gasteiger partial charge in [-0.05, 0) is 38.3 Å². The smallest absolute Gasteiger partial charge is 0.240 e. The summed E-state index contributed by atoms with van der Waals surface area (Å²) in [6, 6.07) is 6.57. The van der Waals surface area contributed by atoms with Crippen molar-refractivity contribution in [2.45, 2.75) is 57.8 Å². The normalized spacial score (nSPS) is 11.2. The van der Waals surface area contributed by atoms with Gasteiger partial charge >= 0.3 is 0 Å². The van der Waals surface area contributed by atoms with Crippen LogP contribution in [0, 0.1) is 6.92 Å². The van der Waals surface area contributed by atoms with E-state index >= 15 is 0 Å². The van der Waals surface area contributed by atoms with Gasteiger partial charge in [-0.15, -0.1) is 0 Å². The minimum absolute atomic E-state index is 0.0855. The van der Waals surface area contributed by atoms with Crippen molar-refractivity contribution in [1.29, 1.82) is 0 Å². The first-order valence-corrected chi connectivity index (χ1v) is 11.4. The van der Waals surface area contributed by atoms with Crippen LogP contribution >= 0.6 is 0 Å². The Kier molecular flexibility index (Phi) is 10.8. The zero-order chi connectivity index (χ0) is 21.0. The van der Waals surface area contributed by atoms with Crippen LogP contribution in [0.25, 0.3) is 0 Å². The number of carbonyl (C=O) groups is 2. The Morgan fingerprint density at radius 3 is 2.14 bits per heavy atom. The number of amides is 2. The first-order chi connectivity index (χ1) is 13.3. The highest BCUT2D eigenvalue weighted by Gasteiger charge is 2.14. The fourth-order valence-electron chi connectivity index (χ4n) is 2.74. The predicted octanol–water partition coefficient (Wildman–Crippen LogP) is 2.21. The molecule has 0 heterocycles. The molecule has 8 heteroatoms. The molecule has 28 heavy (non-hydrogen) atoms. The summed E-state index contributed by atoms with van der Waals surface area (Å²) in [6.45, 7) is 7.78. The summed E-state index contributed by atoms with van der Waals surface area (Å²) in [5.41, 5.74) is 0.984. The highest BCUT2D eigenvalue weighted by atomic mass is 32.2. The molecule has 2 amide bonds. The van der Waals surface area contributed by atoms with Crippen LogP contribution in [-0.4, -0.2) is 51.3 Å². The Balaban J connectivity index is 2.26. The lowest BCUT2D eigenvalue weighted by molar-refractivity contribution is -0.131. The Morgan fingerprint density at radius 1 is 0.964 bits per heavy atom. The van der Waals surface area contributed by atoms with Crippen molar-refractivity contribution in [3.63, 3.8) is 0 Å². The van der Waals surface area contributed by atoms with Crippen LogP contribution in [0.15, 0.2) is 29.2 Å². The maximum Gasteiger partial charge on any atom is 0.240 e. The molecule has 158 valence electrons. The zero-order valence-corrected chi connectivity index (χ0v) is 18.0. The van der Waals surface area contributed by atoms with Gasteiger partial charge < -0.3 is 10.2 Å². The number of rotatable bonds is 13. The van der Waals surface area contributed by atoms with E-state index in [-0.39, 0.29) is 36.2 Å². The molecule has 0 aliphatic heterocycles. The molecule has 0 spiro atoms. The summed E-state index contributed by atoms with van der Waals surface area (Å²) < 4.78 is 26.7. The topological polar surface area (TPSA) is 95.6 Å². The Morgan fingerprint density at radius 2 is 1.57 bits per heavy atom. The Bertz CT molecular complexity index is 711. The summed E-state index contributed by atoms with van der Waals surface area (Å²) in [6.07, 6.45) is 2.94. The number of carbonyl (C=O) groups excluding carboxylic acids is 2. The molecule has 0 unspecified atom stereocenters. The molecule has 2 N–H and O–H groups in total. The van der Waals surface area contributed by atoms with Crippen LogP contribution in [0.5, 0.6) is 0 Å². The van der Waals surface area contributed by atoms with E-state index in [2.05, 4.69) is 10.0 Å². The third-order valence-corrected chi connectivity index (χ3v) is 5.68.